The fraction of sp³-hybridized carbons (Fsp3) is 0.579. The van der Waals surface area contributed by atoms with Gasteiger partial charge < -0.3 is 19.9 Å². The van der Waals surface area contributed by atoms with E-state index in [0.717, 1.165) is 25.0 Å². The van der Waals surface area contributed by atoms with E-state index in [1.807, 2.05) is 23.1 Å². The summed E-state index contributed by atoms with van der Waals surface area (Å²) in [7, 11) is 5.19. The highest BCUT2D eigenvalue weighted by atomic mass is 16.5. The highest BCUT2D eigenvalue weighted by Crippen LogP contribution is 2.44. The molecule has 6 heteroatoms. The molecule has 1 aromatic carbocycles. The third kappa shape index (κ3) is 3.89. The molecule has 3 amide bonds. The maximum absolute atomic E-state index is 12.5. The molecule has 25 heavy (non-hydrogen) atoms. The normalized spacial score (nSPS) is 23.1. The summed E-state index contributed by atoms with van der Waals surface area (Å²) in [5.74, 6) is 1.36. The van der Waals surface area contributed by atoms with Crippen molar-refractivity contribution in [2.24, 2.45) is 5.92 Å². The van der Waals surface area contributed by atoms with Crippen LogP contribution in [0.1, 0.15) is 30.7 Å². The zero-order valence-electron chi connectivity index (χ0n) is 15.2. The third-order valence-corrected chi connectivity index (χ3v) is 5.18. The molecule has 2 fully saturated rings. The summed E-state index contributed by atoms with van der Waals surface area (Å²) in [6.45, 7) is 1.30. The summed E-state index contributed by atoms with van der Waals surface area (Å²) >= 11 is 0. The molecule has 0 bridgehead atoms. The number of piperidine rings is 1. The molecule has 0 unspecified atom stereocenters. The third-order valence-electron chi connectivity index (χ3n) is 5.18. The van der Waals surface area contributed by atoms with E-state index in [4.69, 9.17) is 4.74 Å². The number of methoxy groups -OCH3 is 1. The first kappa shape index (κ1) is 17.6. The predicted molar refractivity (Wildman–Crippen MR) is 95.7 cm³/mol. The van der Waals surface area contributed by atoms with Crippen LogP contribution in [0.2, 0.25) is 0 Å². The maximum Gasteiger partial charge on any atom is 0.319 e. The van der Waals surface area contributed by atoms with Crippen LogP contribution >= 0.6 is 0 Å². The van der Waals surface area contributed by atoms with Crippen molar-refractivity contribution >= 4 is 11.9 Å². The Hall–Kier alpha value is -2.24. The van der Waals surface area contributed by atoms with Gasteiger partial charge in [0.25, 0.3) is 0 Å². The van der Waals surface area contributed by atoms with Crippen molar-refractivity contribution in [1.29, 1.82) is 0 Å². The molecule has 0 spiro atoms. The summed E-state index contributed by atoms with van der Waals surface area (Å²) in [4.78, 5) is 27.9. The lowest BCUT2D eigenvalue weighted by atomic mass is 9.96. The molecule has 0 radical (unpaired) electrons. The van der Waals surface area contributed by atoms with Gasteiger partial charge in [0.15, 0.2) is 0 Å². The van der Waals surface area contributed by atoms with Crippen LogP contribution < -0.4 is 10.1 Å². The van der Waals surface area contributed by atoms with Crippen LogP contribution in [0, 0.1) is 5.92 Å². The van der Waals surface area contributed by atoms with E-state index in [1.165, 1.54) is 5.56 Å². The zero-order valence-corrected chi connectivity index (χ0v) is 15.2. The molecule has 6 nitrogen and oxygen atoms in total. The van der Waals surface area contributed by atoms with Crippen molar-refractivity contribution in [2.45, 2.75) is 31.2 Å². The van der Waals surface area contributed by atoms with Crippen LogP contribution in [-0.2, 0) is 4.79 Å². The van der Waals surface area contributed by atoms with Gasteiger partial charge in [-0.05, 0) is 30.9 Å². The number of carbonyl (C=O) groups excluding carboxylic acids is 2. The van der Waals surface area contributed by atoms with Gasteiger partial charge in [0.1, 0.15) is 5.75 Å². The van der Waals surface area contributed by atoms with Gasteiger partial charge in [0.05, 0.1) is 7.11 Å². The summed E-state index contributed by atoms with van der Waals surface area (Å²) in [6.07, 6.45) is 2.43. The molecule has 3 rings (SSSR count). The topological polar surface area (TPSA) is 61.9 Å². The van der Waals surface area contributed by atoms with E-state index in [0.29, 0.717) is 19.0 Å². The molecule has 1 aromatic rings. The van der Waals surface area contributed by atoms with E-state index < -0.39 is 0 Å². The smallest absolute Gasteiger partial charge is 0.319 e. The number of hydrogen-bond donors (Lipinski definition) is 1. The Morgan fingerprint density at radius 1 is 1.20 bits per heavy atom. The molecule has 1 heterocycles. The Morgan fingerprint density at radius 2 is 1.88 bits per heavy atom. The number of para-hydroxylation sites is 1. The van der Waals surface area contributed by atoms with Crippen LogP contribution in [-0.4, -0.2) is 62.1 Å². The first-order valence-corrected chi connectivity index (χ1v) is 8.90. The maximum atomic E-state index is 12.5. The molecule has 1 saturated carbocycles. The van der Waals surface area contributed by atoms with Gasteiger partial charge >= 0.3 is 6.03 Å². The van der Waals surface area contributed by atoms with Gasteiger partial charge in [0, 0.05) is 45.1 Å². The largest absolute Gasteiger partial charge is 0.496 e. The van der Waals surface area contributed by atoms with E-state index in [1.54, 1.807) is 26.1 Å². The predicted octanol–water partition coefficient (Wildman–Crippen LogP) is 2.06. The second-order valence-corrected chi connectivity index (χ2v) is 7.14. The van der Waals surface area contributed by atoms with E-state index in [2.05, 4.69) is 11.4 Å². The van der Waals surface area contributed by atoms with Crippen molar-refractivity contribution in [1.82, 2.24) is 15.1 Å². The number of amides is 3. The lowest BCUT2D eigenvalue weighted by molar-refractivity contribution is -0.126. The molecule has 0 aromatic heterocycles. The number of carbonyl (C=O) groups is 2. The SMILES string of the molecule is COc1ccccc1[C@@H]1C[C@H]1NC(=O)C1CCN(C(=O)N(C)C)CC1. The Morgan fingerprint density at radius 3 is 2.52 bits per heavy atom. The number of nitrogens with one attached hydrogen (secondary N) is 1. The average Bonchev–Trinajstić information content (AvgIpc) is 3.39. The van der Waals surface area contributed by atoms with Crippen molar-refractivity contribution in [3.8, 4) is 5.75 Å². The Kier molecular flexibility index (Phi) is 5.16. The molecule has 1 saturated heterocycles. The number of ether oxygens (including phenoxy) is 1. The van der Waals surface area contributed by atoms with E-state index >= 15 is 0 Å². The van der Waals surface area contributed by atoms with Gasteiger partial charge in [-0.25, -0.2) is 4.79 Å². The number of benzene rings is 1. The second-order valence-electron chi connectivity index (χ2n) is 7.14. The van der Waals surface area contributed by atoms with Crippen LogP contribution in [0.4, 0.5) is 4.79 Å². The van der Waals surface area contributed by atoms with Gasteiger partial charge in [-0.1, -0.05) is 18.2 Å². The van der Waals surface area contributed by atoms with Crippen molar-refractivity contribution in [2.75, 3.05) is 34.3 Å². The Balaban J connectivity index is 1.49. The first-order valence-electron chi connectivity index (χ1n) is 8.90. The standard InChI is InChI=1S/C19H27N3O3/c1-21(2)19(24)22-10-8-13(9-11-22)18(23)20-16-12-15(16)14-6-4-5-7-17(14)25-3/h4-7,13,15-16H,8-12H2,1-3H3,(H,20,23)/t15-,16+/m0/s1. The Bertz CT molecular complexity index is 639. The van der Waals surface area contributed by atoms with Crippen molar-refractivity contribution in [3.63, 3.8) is 0 Å². The van der Waals surface area contributed by atoms with Crippen molar-refractivity contribution < 1.29 is 14.3 Å². The Labute approximate surface area is 149 Å². The lowest BCUT2D eigenvalue weighted by Gasteiger charge is -2.33. The van der Waals surface area contributed by atoms with Crippen LogP contribution in [0.25, 0.3) is 0 Å². The zero-order chi connectivity index (χ0) is 18.0. The molecular weight excluding hydrogens is 318 g/mol. The minimum Gasteiger partial charge on any atom is -0.496 e. The molecule has 1 N–H and O–H groups in total. The first-order chi connectivity index (χ1) is 12.0. The minimum atomic E-state index is 0.00475. The molecule has 1 aliphatic heterocycles. The van der Waals surface area contributed by atoms with Crippen LogP contribution in [0.5, 0.6) is 5.75 Å². The summed E-state index contributed by atoms with van der Waals surface area (Å²) in [6, 6.07) is 8.22. The molecule has 2 atom stereocenters. The molecule has 1 aliphatic carbocycles. The van der Waals surface area contributed by atoms with Crippen LogP contribution in [0.3, 0.4) is 0 Å². The highest BCUT2D eigenvalue weighted by molar-refractivity contribution is 5.80. The molecule has 2 aliphatic rings. The van der Waals surface area contributed by atoms with Gasteiger partial charge in [-0.3, -0.25) is 4.79 Å². The van der Waals surface area contributed by atoms with Gasteiger partial charge in [0.2, 0.25) is 5.91 Å². The summed E-state index contributed by atoms with van der Waals surface area (Å²) < 4.78 is 5.42. The monoisotopic (exact) mass is 345 g/mol. The number of likely N-dealkylation sites (tertiary alicyclic amines) is 1. The number of hydrogen-bond acceptors (Lipinski definition) is 3. The lowest BCUT2D eigenvalue weighted by Crippen LogP contribution is -2.46. The summed E-state index contributed by atoms with van der Waals surface area (Å²) in [5, 5.41) is 3.18. The molecular formula is C19H27N3O3. The quantitative estimate of drug-likeness (QED) is 0.909. The van der Waals surface area contributed by atoms with Gasteiger partial charge in [-0.15, -0.1) is 0 Å². The van der Waals surface area contributed by atoms with E-state index in [9.17, 15) is 9.59 Å². The minimum absolute atomic E-state index is 0.00475. The van der Waals surface area contributed by atoms with Crippen molar-refractivity contribution in [3.05, 3.63) is 29.8 Å². The van der Waals surface area contributed by atoms with E-state index in [-0.39, 0.29) is 23.9 Å². The summed E-state index contributed by atoms with van der Waals surface area (Å²) in [5.41, 5.74) is 1.17. The number of rotatable bonds is 4. The molecule has 136 valence electrons. The number of urea groups is 1. The van der Waals surface area contributed by atoms with Gasteiger partial charge in [-0.2, -0.15) is 0 Å². The van der Waals surface area contributed by atoms with Crippen LogP contribution in [0.15, 0.2) is 24.3 Å². The number of nitrogens with zero attached hydrogens (tertiary/aromatic N) is 2. The highest BCUT2D eigenvalue weighted by Gasteiger charge is 2.42. The second kappa shape index (κ2) is 7.33. The average molecular weight is 345 g/mol. The fourth-order valence-corrected chi connectivity index (χ4v) is 3.59. The fourth-order valence-electron chi connectivity index (χ4n) is 3.59.